The number of benzene rings is 3. The van der Waals surface area contributed by atoms with Gasteiger partial charge in [0, 0.05) is 36.8 Å². The number of aromatic nitrogens is 1. The molecule has 0 radical (unpaired) electrons. The van der Waals surface area contributed by atoms with Crippen molar-refractivity contribution in [3.8, 4) is 10.6 Å². The summed E-state index contributed by atoms with van der Waals surface area (Å²) in [5.74, 6) is 0. The van der Waals surface area contributed by atoms with Gasteiger partial charge in [0.1, 0.15) is 0 Å². The van der Waals surface area contributed by atoms with E-state index in [1.165, 1.54) is 6.07 Å². The van der Waals surface area contributed by atoms with Crippen molar-refractivity contribution in [2.24, 2.45) is 4.99 Å². The third-order valence-corrected chi connectivity index (χ3v) is 6.18. The highest BCUT2D eigenvalue weighted by atomic mass is 32.1. The second-order valence-corrected chi connectivity index (χ2v) is 7.80. The van der Waals surface area contributed by atoms with Crippen molar-refractivity contribution in [1.82, 2.24) is 4.98 Å². The van der Waals surface area contributed by atoms with E-state index >= 15 is 0 Å². The fourth-order valence-electron chi connectivity index (χ4n) is 3.74. The minimum atomic E-state index is -0.336. The van der Waals surface area contributed by atoms with Crippen LogP contribution in [0.1, 0.15) is 20.8 Å². The molecule has 0 N–H and O–H groups in total. The van der Waals surface area contributed by atoms with E-state index in [0.29, 0.717) is 17.6 Å². The summed E-state index contributed by atoms with van der Waals surface area (Å²) < 4.78 is 1.06. The van der Waals surface area contributed by atoms with Crippen LogP contribution in [-0.2, 0) is 0 Å². The van der Waals surface area contributed by atoms with E-state index in [4.69, 9.17) is 4.98 Å². The molecule has 2 aliphatic rings. The highest BCUT2D eigenvalue weighted by molar-refractivity contribution is 7.21. The van der Waals surface area contributed by atoms with Crippen LogP contribution in [0.4, 0.5) is 11.4 Å². The standard InChI is InChI=1S/C22H22N4O2S/c1-4-23-17-13-20-22(21-15(17)8-7-9-18(21)26(27)28)24-16-11-10-14(12-19(16)29-20)25(5-2)6-3/h7-13H,4-6H2,1-3H3. The Morgan fingerprint density at radius 1 is 1.14 bits per heavy atom. The number of hydrogen-bond acceptors (Lipinski definition) is 6. The van der Waals surface area contributed by atoms with Gasteiger partial charge in [-0.1, -0.05) is 12.1 Å². The fraction of sp³-hybridized carbons (Fsp3) is 0.273. The Hall–Kier alpha value is -3.06. The average molecular weight is 407 g/mol. The highest BCUT2D eigenvalue weighted by Gasteiger charge is 2.21. The van der Waals surface area contributed by atoms with Crippen molar-refractivity contribution in [1.29, 1.82) is 0 Å². The molecule has 2 aromatic carbocycles. The number of hydrogen-bond donors (Lipinski definition) is 0. The summed E-state index contributed by atoms with van der Waals surface area (Å²) in [5.41, 5.74) is 2.73. The minimum Gasteiger partial charge on any atom is -0.372 e. The van der Waals surface area contributed by atoms with E-state index < -0.39 is 0 Å². The quantitative estimate of drug-likeness (QED) is 0.197. The number of fused-ring (bicyclic) bond motifs is 4. The van der Waals surface area contributed by atoms with Gasteiger partial charge in [0.25, 0.3) is 5.69 Å². The lowest BCUT2D eigenvalue weighted by Gasteiger charge is -2.21. The zero-order valence-electron chi connectivity index (χ0n) is 16.7. The van der Waals surface area contributed by atoms with Crippen molar-refractivity contribution in [3.63, 3.8) is 0 Å². The molecule has 0 amide bonds. The first-order chi connectivity index (χ1) is 14.1. The van der Waals surface area contributed by atoms with Gasteiger partial charge in [-0.25, -0.2) is 4.98 Å². The topological polar surface area (TPSA) is 71.6 Å². The van der Waals surface area contributed by atoms with Gasteiger partial charge in [-0.3, -0.25) is 15.1 Å². The van der Waals surface area contributed by atoms with Gasteiger partial charge in [-0.05, 0) is 45.0 Å². The molecule has 2 aromatic rings. The maximum Gasteiger partial charge on any atom is 0.279 e. The Morgan fingerprint density at radius 3 is 2.62 bits per heavy atom. The van der Waals surface area contributed by atoms with Gasteiger partial charge in [0.15, 0.2) is 0 Å². The number of anilines is 1. The van der Waals surface area contributed by atoms with Crippen LogP contribution in [-0.4, -0.2) is 29.5 Å². The third kappa shape index (κ3) is 3.31. The molecule has 4 rings (SSSR count). The van der Waals surface area contributed by atoms with Crippen molar-refractivity contribution in [2.45, 2.75) is 20.8 Å². The number of nitro groups is 1. The lowest BCUT2D eigenvalue weighted by atomic mass is 10.0. The Labute approximate surface area is 172 Å². The summed E-state index contributed by atoms with van der Waals surface area (Å²) in [6.07, 6.45) is 0. The number of nitrogens with zero attached hydrogens (tertiary/aromatic N) is 4. The molecule has 0 unspecified atom stereocenters. The molecular formula is C22H22N4O2S. The van der Waals surface area contributed by atoms with Crippen molar-refractivity contribution >= 4 is 43.7 Å². The molecule has 0 fully saturated rings. The molecule has 148 valence electrons. The molecular weight excluding hydrogens is 384 g/mol. The lowest BCUT2D eigenvalue weighted by Crippen LogP contribution is -2.21. The second-order valence-electron chi connectivity index (χ2n) is 6.71. The number of nitro benzene ring substituents is 1. The molecule has 0 atom stereocenters. The maximum absolute atomic E-state index is 11.7. The lowest BCUT2D eigenvalue weighted by molar-refractivity contribution is -0.383. The van der Waals surface area contributed by atoms with Crippen LogP contribution < -0.4 is 10.3 Å². The zero-order valence-corrected chi connectivity index (χ0v) is 17.5. The number of non-ortho nitro benzene ring substituents is 1. The van der Waals surface area contributed by atoms with Crippen LogP contribution in [0.25, 0.3) is 31.6 Å². The van der Waals surface area contributed by atoms with Gasteiger partial charge in [0.2, 0.25) is 0 Å². The predicted molar refractivity (Wildman–Crippen MR) is 120 cm³/mol. The maximum atomic E-state index is 11.7. The van der Waals surface area contributed by atoms with Crippen LogP contribution in [0.2, 0.25) is 0 Å². The molecule has 29 heavy (non-hydrogen) atoms. The van der Waals surface area contributed by atoms with Crippen LogP contribution in [0, 0.1) is 10.1 Å². The van der Waals surface area contributed by atoms with Gasteiger partial charge in [-0.15, -0.1) is 11.3 Å². The summed E-state index contributed by atoms with van der Waals surface area (Å²) in [6, 6.07) is 13.4. The van der Waals surface area contributed by atoms with E-state index in [9.17, 15) is 10.1 Å². The molecule has 0 spiro atoms. The van der Waals surface area contributed by atoms with E-state index in [2.05, 4.69) is 35.9 Å². The van der Waals surface area contributed by atoms with Gasteiger partial charge in [0.05, 0.1) is 36.5 Å². The first-order valence-electron chi connectivity index (χ1n) is 9.77. The molecule has 0 saturated carbocycles. The summed E-state index contributed by atoms with van der Waals surface area (Å²) in [7, 11) is 0. The summed E-state index contributed by atoms with van der Waals surface area (Å²) >= 11 is 1.61. The second kappa shape index (κ2) is 7.75. The molecule has 1 aliphatic heterocycles. The van der Waals surface area contributed by atoms with Crippen LogP contribution in [0.5, 0.6) is 0 Å². The third-order valence-electron chi connectivity index (χ3n) is 5.11. The van der Waals surface area contributed by atoms with Crippen LogP contribution >= 0.6 is 11.3 Å². The van der Waals surface area contributed by atoms with Gasteiger partial charge >= 0.3 is 0 Å². The summed E-state index contributed by atoms with van der Waals surface area (Å²) in [4.78, 5) is 24.0. The van der Waals surface area contributed by atoms with Gasteiger partial charge in [-0.2, -0.15) is 0 Å². The normalized spacial score (nSPS) is 12.2. The SMILES string of the molecule is CCN=c1cc2sc3cc(N(CC)CC)ccc3nc-2c2c([N+](=O)[O-])cccc12. The molecule has 7 heteroatoms. The Kier molecular flexibility index (Phi) is 5.15. The smallest absolute Gasteiger partial charge is 0.279 e. The van der Waals surface area contributed by atoms with Crippen molar-refractivity contribution in [2.75, 3.05) is 24.5 Å². The minimum absolute atomic E-state index is 0.0689. The number of rotatable bonds is 5. The summed E-state index contributed by atoms with van der Waals surface area (Å²) in [5, 5.41) is 13.8. The van der Waals surface area contributed by atoms with E-state index in [0.717, 1.165) is 44.6 Å². The Balaban J connectivity index is 2.11. The highest BCUT2D eigenvalue weighted by Crippen LogP contribution is 2.39. The Bertz CT molecular complexity index is 1260. The van der Waals surface area contributed by atoms with Crippen LogP contribution in [0.3, 0.4) is 0 Å². The van der Waals surface area contributed by atoms with Crippen molar-refractivity contribution in [3.05, 3.63) is 57.9 Å². The largest absolute Gasteiger partial charge is 0.372 e. The zero-order chi connectivity index (χ0) is 20.5. The molecule has 1 aliphatic carbocycles. The first-order valence-corrected chi connectivity index (χ1v) is 10.6. The first kappa shape index (κ1) is 19.3. The molecule has 1 heterocycles. The Morgan fingerprint density at radius 2 is 1.93 bits per heavy atom. The fourth-order valence-corrected chi connectivity index (χ4v) is 4.79. The van der Waals surface area contributed by atoms with Gasteiger partial charge < -0.3 is 4.90 Å². The predicted octanol–water partition coefficient (Wildman–Crippen LogP) is 5.23. The van der Waals surface area contributed by atoms with Crippen molar-refractivity contribution < 1.29 is 4.92 Å². The van der Waals surface area contributed by atoms with Crippen LogP contribution in [0.15, 0.2) is 47.5 Å². The monoisotopic (exact) mass is 406 g/mol. The molecule has 0 bridgehead atoms. The average Bonchev–Trinajstić information content (AvgIpc) is 2.73. The molecule has 0 saturated heterocycles. The summed E-state index contributed by atoms with van der Waals surface area (Å²) in [6.45, 7) is 8.72. The van der Waals surface area contributed by atoms with E-state index in [-0.39, 0.29) is 10.6 Å². The van der Waals surface area contributed by atoms with E-state index in [1.807, 2.05) is 25.1 Å². The molecule has 6 nitrogen and oxygen atoms in total. The van der Waals surface area contributed by atoms with E-state index in [1.54, 1.807) is 17.4 Å². The molecule has 0 aromatic heterocycles.